The predicted molar refractivity (Wildman–Crippen MR) is 41.8 cm³/mol. The molecule has 1 heterocycles. The van der Waals surface area contributed by atoms with E-state index in [0.29, 0.717) is 6.20 Å². The largest absolute Gasteiger partial charge is 0.499 e. The van der Waals surface area contributed by atoms with Gasteiger partial charge in [-0.05, 0) is 12.1 Å². The van der Waals surface area contributed by atoms with Crippen LogP contribution >= 0.6 is 0 Å². The van der Waals surface area contributed by atoms with E-state index >= 15 is 0 Å². The van der Waals surface area contributed by atoms with Crippen LogP contribution in [0.25, 0.3) is 0 Å². The maximum atomic E-state index is 12.4. The molecular formula is C8H6F5NO2. The molecule has 0 atom stereocenters. The number of aliphatic hydroxyl groups is 1. The molecule has 1 rings (SSSR count). The Morgan fingerprint density at radius 2 is 1.81 bits per heavy atom. The van der Waals surface area contributed by atoms with Crippen LogP contribution in [0.15, 0.2) is 18.3 Å². The molecule has 0 saturated heterocycles. The highest BCUT2D eigenvalue weighted by Gasteiger charge is 2.61. The molecule has 0 aliphatic rings. The molecule has 0 saturated carbocycles. The molecule has 0 aliphatic carbocycles. The zero-order valence-electron chi connectivity index (χ0n) is 7.63. The summed E-state index contributed by atoms with van der Waals surface area (Å²) in [6.07, 6.45) is -10.4. The second-order valence-electron chi connectivity index (χ2n) is 2.76. The molecule has 0 aromatic carbocycles. The Kier molecular flexibility index (Phi) is 3.32. The molecule has 0 amide bonds. The van der Waals surface area contributed by atoms with Gasteiger partial charge in [0.05, 0.1) is 18.5 Å². The van der Waals surface area contributed by atoms with Gasteiger partial charge in [-0.15, -0.1) is 0 Å². The van der Waals surface area contributed by atoms with E-state index in [0.717, 1.165) is 12.1 Å². The van der Waals surface area contributed by atoms with Gasteiger partial charge in [-0.1, -0.05) is 0 Å². The van der Waals surface area contributed by atoms with Gasteiger partial charge in [0, 0.05) is 0 Å². The van der Waals surface area contributed by atoms with Crippen molar-refractivity contribution in [3.8, 4) is 5.75 Å². The maximum Gasteiger partial charge on any atom is 0.499 e. The average molecular weight is 243 g/mol. The number of aromatic nitrogens is 1. The zero-order valence-corrected chi connectivity index (χ0v) is 7.63. The SMILES string of the molecule is OCc1ccc(OC(F)(F)C(F)(F)F)cn1. The second kappa shape index (κ2) is 4.20. The van der Waals surface area contributed by atoms with Crippen LogP contribution in [0.3, 0.4) is 0 Å². The summed E-state index contributed by atoms with van der Waals surface area (Å²) < 4.78 is 63.4. The van der Waals surface area contributed by atoms with Crippen LogP contribution < -0.4 is 4.74 Å². The molecule has 8 heteroatoms. The number of hydrogen-bond donors (Lipinski definition) is 1. The standard InChI is InChI=1S/C8H6F5NO2/c9-7(10,11)8(12,13)16-6-2-1-5(4-15)14-3-6/h1-3,15H,4H2. The summed E-state index contributed by atoms with van der Waals surface area (Å²) in [5.74, 6) is -0.737. The topological polar surface area (TPSA) is 42.4 Å². The molecular weight excluding hydrogens is 237 g/mol. The molecule has 90 valence electrons. The minimum absolute atomic E-state index is 0.127. The van der Waals surface area contributed by atoms with E-state index in [2.05, 4.69) is 9.72 Å². The van der Waals surface area contributed by atoms with Crippen LogP contribution in [0.5, 0.6) is 5.75 Å². The fourth-order valence-corrected chi connectivity index (χ4v) is 0.771. The van der Waals surface area contributed by atoms with Crippen LogP contribution in [0.1, 0.15) is 5.69 Å². The summed E-state index contributed by atoms with van der Waals surface area (Å²) in [4.78, 5) is 3.39. The molecule has 1 aromatic rings. The van der Waals surface area contributed by atoms with Crippen molar-refractivity contribution < 1.29 is 31.8 Å². The number of pyridine rings is 1. The van der Waals surface area contributed by atoms with Crippen molar-refractivity contribution in [2.24, 2.45) is 0 Å². The van der Waals surface area contributed by atoms with E-state index < -0.39 is 24.6 Å². The third kappa shape index (κ3) is 2.78. The lowest BCUT2D eigenvalue weighted by Crippen LogP contribution is -2.41. The summed E-state index contributed by atoms with van der Waals surface area (Å²) >= 11 is 0. The molecule has 1 N–H and O–H groups in total. The molecule has 0 fully saturated rings. The van der Waals surface area contributed by atoms with Gasteiger partial charge in [0.15, 0.2) is 0 Å². The second-order valence-corrected chi connectivity index (χ2v) is 2.76. The summed E-state index contributed by atoms with van der Waals surface area (Å²) in [5.41, 5.74) is 0.127. The van der Waals surface area contributed by atoms with Crippen molar-refractivity contribution in [2.45, 2.75) is 18.9 Å². The predicted octanol–water partition coefficient (Wildman–Crippen LogP) is 2.11. The minimum atomic E-state index is -5.79. The van der Waals surface area contributed by atoms with Crippen molar-refractivity contribution in [1.29, 1.82) is 0 Å². The Balaban J connectivity index is 2.80. The summed E-state index contributed by atoms with van der Waals surface area (Å²) in [6.45, 7) is -0.448. The lowest BCUT2D eigenvalue weighted by Gasteiger charge is -2.19. The fourth-order valence-electron chi connectivity index (χ4n) is 0.771. The molecule has 0 aliphatic heterocycles. The number of halogens is 5. The Morgan fingerprint density at radius 3 is 2.19 bits per heavy atom. The fraction of sp³-hybridized carbons (Fsp3) is 0.375. The van der Waals surface area contributed by atoms with Crippen LogP contribution in [-0.2, 0) is 6.61 Å². The quantitative estimate of drug-likeness (QED) is 0.826. The van der Waals surface area contributed by atoms with E-state index in [1.165, 1.54) is 0 Å². The first-order valence-corrected chi connectivity index (χ1v) is 3.95. The number of rotatable bonds is 3. The minimum Gasteiger partial charge on any atom is -0.424 e. The van der Waals surface area contributed by atoms with E-state index in [9.17, 15) is 22.0 Å². The molecule has 3 nitrogen and oxygen atoms in total. The Bertz CT molecular complexity index is 348. The van der Waals surface area contributed by atoms with E-state index in [1.54, 1.807) is 0 Å². The van der Waals surface area contributed by atoms with E-state index in [-0.39, 0.29) is 5.69 Å². The maximum absolute atomic E-state index is 12.4. The lowest BCUT2D eigenvalue weighted by atomic mass is 10.3. The number of aliphatic hydroxyl groups excluding tert-OH is 1. The number of nitrogens with zero attached hydrogens (tertiary/aromatic N) is 1. The van der Waals surface area contributed by atoms with Crippen molar-refractivity contribution in [3.63, 3.8) is 0 Å². The number of alkyl halides is 5. The highest BCUT2D eigenvalue weighted by atomic mass is 19.4. The third-order valence-corrected chi connectivity index (χ3v) is 1.54. The molecule has 0 spiro atoms. The van der Waals surface area contributed by atoms with Crippen LogP contribution in [-0.4, -0.2) is 22.4 Å². The van der Waals surface area contributed by atoms with Gasteiger partial charge in [0.1, 0.15) is 5.75 Å². The normalized spacial score (nSPS) is 12.6. The molecule has 0 radical (unpaired) electrons. The Labute approximate surface area is 86.5 Å². The zero-order chi connectivity index (χ0) is 12.4. The number of hydrogen-bond acceptors (Lipinski definition) is 3. The Morgan fingerprint density at radius 1 is 1.19 bits per heavy atom. The molecule has 0 unspecified atom stereocenters. The van der Waals surface area contributed by atoms with Gasteiger partial charge in [-0.25, -0.2) is 0 Å². The van der Waals surface area contributed by atoms with Gasteiger partial charge in [0.25, 0.3) is 0 Å². The van der Waals surface area contributed by atoms with Gasteiger partial charge in [-0.3, -0.25) is 4.98 Å². The third-order valence-electron chi connectivity index (χ3n) is 1.54. The lowest BCUT2D eigenvalue weighted by molar-refractivity contribution is -0.360. The summed E-state index contributed by atoms with van der Waals surface area (Å²) in [5, 5.41) is 8.56. The van der Waals surface area contributed by atoms with Gasteiger partial charge < -0.3 is 9.84 Å². The number of ether oxygens (including phenoxy) is 1. The molecule has 0 bridgehead atoms. The molecule has 1 aromatic heterocycles. The van der Waals surface area contributed by atoms with Crippen molar-refractivity contribution >= 4 is 0 Å². The van der Waals surface area contributed by atoms with Gasteiger partial charge in [0.2, 0.25) is 0 Å². The van der Waals surface area contributed by atoms with Crippen molar-refractivity contribution in [1.82, 2.24) is 4.98 Å². The first-order valence-electron chi connectivity index (χ1n) is 3.95. The first-order chi connectivity index (χ1) is 7.26. The van der Waals surface area contributed by atoms with E-state index in [1.807, 2.05) is 0 Å². The van der Waals surface area contributed by atoms with Gasteiger partial charge in [-0.2, -0.15) is 22.0 Å². The highest BCUT2D eigenvalue weighted by molar-refractivity contribution is 5.20. The van der Waals surface area contributed by atoms with Crippen LogP contribution in [0.4, 0.5) is 22.0 Å². The summed E-state index contributed by atoms with van der Waals surface area (Å²) in [6, 6.07) is 1.93. The monoisotopic (exact) mass is 243 g/mol. The highest BCUT2D eigenvalue weighted by Crippen LogP contribution is 2.36. The van der Waals surface area contributed by atoms with Crippen LogP contribution in [0.2, 0.25) is 0 Å². The van der Waals surface area contributed by atoms with Crippen molar-refractivity contribution in [3.05, 3.63) is 24.0 Å². The van der Waals surface area contributed by atoms with Gasteiger partial charge >= 0.3 is 12.3 Å². The molecule has 16 heavy (non-hydrogen) atoms. The van der Waals surface area contributed by atoms with Crippen LogP contribution in [0, 0.1) is 0 Å². The van der Waals surface area contributed by atoms with Crippen molar-refractivity contribution in [2.75, 3.05) is 0 Å². The first kappa shape index (κ1) is 12.6. The summed E-state index contributed by atoms with van der Waals surface area (Å²) in [7, 11) is 0. The Hall–Kier alpha value is -1.44. The van der Waals surface area contributed by atoms with E-state index in [4.69, 9.17) is 5.11 Å². The average Bonchev–Trinajstić information content (AvgIpc) is 2.16. The smallest absolute Gasteiger partial charge is 0.424 e.